The lowest BCUT2D eigenvalue weighted by atomic mass is 10.1. The predicted molar refractivity (Wildman–Crippen MR) is 328 cm³/mol. The van der Waals surface area contributed by atoms with Crippen LogP contribution < -0.4 is 41.5 Å². The first-order valence-electron chi connectivity index (χ1n) is 26.3. The first-order chi connectivity index (χ1) is 37.7. The van der Waals surface area contributed by atoms with Crippen LogP contribution in [0.4, 0.5) is 0 Å². The van der Waals surface area contributed by atoms with Crippen LogP contribution in [0.1, 0.15) is 0 Å². The SMILES string of the molecule is c1ccc(-c2ccc([Si](c3ccccc3)(c3ccccc3)c3cccc4c3c3ccccc3n4-c3ccc4c5ccccc5n(-c5ccc([Si](c6ccccc6)(c6ccccc6)c6ccccc6)cc5)c4c3)cc2)cc1. The first kappa shape index (κ1) is 45.3. The number of rotatable bonds is 11. The van der Waals surface area contributed by atoms with E-state index in [9.17, 15) is 0 Å². The molecule has 0 saturated heterocycles. The smallest absolute Gasteiger partial charge is 0.180 e. The Hall–Kier alpha value is -9.33. The van der Waals surface area contributed by atoms with Gasteiger partial charge in [-0.1, -0.05) is 273 Å². The van der Waals surface area contributed by atoms with Crippen molar-refractivity contribution < 1.29 is 0 Å². The number of para-hydroxylation sites is 2. The van der Waals surface area contributed by atoms with Crippen LogP contribution in [0.3, 0.4) is 0 Å². The van der Waals surface area contributed by atoms with Crippen molar-refractivity contribution in [2.45, 2.75) is 0 Å². The molecule has 0 aliphatic heterocycles. The number of aromatic nitrogens is 2. The minimum atomic E-state index is -3.01. The van der Waals surface area contributed by atoms with Gasteiger partial charge < -0.3 is 9.13 Å². The third kappa shape index (κ3) is 7.14. The van der Waals surface area contributed by atoms with Crippen molar-refractivity contribution in [3.8, 4) is 22.5 Å². The van der Waals surface area contributed by atoms with E-state index < -0.39 is 16.1 Å². The van der Waals surface area contributed by atoms with Crippen molar-refractivity contribution in [1.29, 1.82) is 0 Å². The molecule has 0 unspecified atom stereocenters. The molecule has 0 aliphatic rings. The van der Waals surface area contributed by atoms with Crippen LogP contribution in [0.25, 0.3) is 66.1 Å². The van der Waals surface area contributed by atoms with E-state index in [2.05, 4.69) is 325 Å². The largest absolute Gasteiger partial charge is 0.309 e. The second-order valence-corrected chi connectivity index (χ2v) is 27.5. The highest BCUT2D eigenvalue weighted by Crippen LogP contribution is 2.37. The highest BCUT2D eigenvalue weighted by atomic mass is 28.3. The molecule has 0 atom stereocenters. The Morgan fingerprint density at radius 1 is 0.211 bits per heavy atom. The molecule has 0 radical (unpaired) electrons. The van der Waals surface area contributed by atoms with Crippen molar-refractivity contribution >= 4 is 101 Å². The molecule has 0 spiro atoms. The summed E-state index contributed by atoms with van der Waals surface area (Å²) in [5.74, 6) is 0. The monoisotopic (exact) mass is 1000 g/mol. The first-order valence-corrected chi connectivity index (χ1v) is 30.3. The summed E-state index contributed by atoms with van der Waals surface area (Å²) in [5, 5.41) is 15.9. The molecule has 4 heteroatoms. The van der Waals surface area contributed by atoms with Gasteiger partial charge in [-0.25, -0.2) is 0 Å². The third-order valence-corrected chi connectivity index (χ3v) is 25.7. The Bertz CT molecular complexity index is 4210. The minimum absolute atomic E-state index is 1.12. The number of hydrogen-bond acceptors (Lipinski definition) is 0. The molecule has 0 saturated carbocycles. The van der Waals surface area contributed by atoms with Crippen LogP contribution in [0, 0.1) is 0 Å². The zero-order chi connectivity index (χ0) is 50.5. The molecule has 76 heavy (non-hydrogen) atoms. The minimum Gasteiger partial charge on any atom is -0.309 e. The van der Waals surface area contributed by atoms with E-state index in [4.69, 9.17) is 0 Å². The van der Waals surface area contributed by atoms with Gasteiger partial charge in [0, 0.05) is 32.9 Å². The average Bonchev–Trinajstić information content (AvgIpc) is 4.06. The van der Waals surface area contributed by atoms with Gasteiger partial charge in [-0.3, -0.25) is 0 Å². The normalized spacial score (nSPS) is 11.9. The predicted octanol–water partition coefficient (Wildman–Crippen LogP) is 12.3. The van der Waals surface area contributed by atoms with E-state index in [1.807, 2.05) is 0 Å². The molecular formula is C72H52N2Si2. The molecule has 14 rings (SSSR count). The summed E-state index contributed by atoms with van der Waals surface area (Å²) in [4.78, 5) is 0. The summed E-state index contributed by atoms with van der Waals surface area (Å²) in [6.45, 7) is 0. The van der Waals surface area contributed by atoms with E-state index in [1.54, 1.807) is 0 Å². The van der Waals surface area contributed by atoms with Gasteiger partial charge in [0.2, 0.25) is 0 Å². The molecule has 0 fully saturated rings. The van der Waals surface area contributed by atoms with E-state index in [-0.39, 0.29) is 0 Å². The highest BCUT2D eigenvalue weighted by molar-refractivity contribution is 7.21. The summed E-state index contributed by atoms with van der Waals surface area (Å²) in [6, 6.07) is 118. The fraction of sp³-hybridized carbons (Fsp3) is 0. The Labute approximate surface area is 445 Å². The quantitative estimate of drug-likeness (QED) is 0.0903. The number of nitrogens with zero attached hydrogens (tertiary/aromatic N) is 2. The Balaban J connectivity index is 0.987. The number of fused-ring (bicyclic) bond motifs is 6. The zero-order valence-corrected chi connectivity index (χ0v) is 43.9. The summed E-state index contributed by atoms with van der Waals surface area (Å²) in [7, 11) is -5.73. The van der Waals surface area contributed by atoms with Crippen LogP contribution in [0.15, 0.2) is 315 Å². The van der Waals surface area contributed by atoms with Gasteiger partial charge in [0.1, 0.15) is 0 Å². The van der Waals surface area contributed by atoms with Crippen LogP contribution in [0.2, 0.25) is 0 Å². The van der Waals surface area contributed by atoms with Crippen molar-refractivity contribution in [3.63, 3.8) is 0 Å². The standard InChI is InChI=1S/C72H52N2Si2/c1-7-24-53(25-8-1)54-42-47-63(48-43-54)76(60-32-15-5-16-33-60,61-34-17-6-18-35-61)71-41-23-40-69-72(71)66-37-20-22-39-68(66)74(69)56-46-51-65-64-36-19-21-38-67(64)73(70(65)52-56)55-44-49-62(50-45-55)75(57-26-9-2-10-27-57,58-28-11-3-12-29-58)59-30-13-4-14-31-59/h1-52H. The summed E-state index contributed by atoms with van der Waals surface area (Å²) >= 11 is 0. The molecule has 0 aliphatic carbocycles. The van der Waals surface area contributed by atoms with Gasteiger partial charge in [-0.2, -0.15) is 0 Å². The van der Waals surface area contributed by atoms with E-state index in [1.165, 1.54) is 96.2 Å². The molecule has 2 heterocycles. The van der Waals surface area contributed by atoms with Crippen molar-refractivity contribution in [3.05, 3.63) is 315 Å². The van der Waals surface area contributed by atoms with Crippen molar-refractivity contribution in [2.24, 2.45) is 0 Å². The van der Waals surface area contributed by atoms with Crippen molar-refractivity contribution in [1.82, 2.24) is 9.13 Å². The van der Waals surface area contributed by atoms with Gasteiger partial charge in [-0.15, -0.1) is 0 Å². The van der Waals surface area contributed by atoms with Crippen LogP contribution in [-0.4, -0.2) is 25.3 Å². The van der Waals surface area contributed by atoms with Gasteiger partial charge in [-0.05, 0) is 95.1 Å². The lowest BCUT2D eigenvalue weighted by Crippen LogP contribution is -2.74. The average molecular weight is 1000 g/mol. The van der Waals surface area contributed by atoms with E-state index in [0.29, 0.717) is 0 Å². The van der Waals surface area contributed by atoms with Gasteiger partial charge in [0.15, 0.2) is 16.1 Å². The Morgan fingerprint density at radius 3 is 1.11 bits per heavy atom. The molecule has 0 N–H and O–H groups in total. The van der Waals surface area contributed by atoms with E-state index >= 15 is 0 Å². The molecule has 12 aromatic carbocycles. The Morgan fingerprint density at radius 2 is 0.566 bits per heavy atom. The fourth-order valence-electron chi connectivity index (χ4n) is 12.8. The maximum Gasteiger partial charge on any atom is 0.180 e. The fourth-order valence-corrected chi connectivity index (χ4v) is 22.5. The molecule has 2 aromatic heterocycles. The molecule has 0 amide bonds. The molecule has 2 nitrogen and oxygen atoms in total. The highest BCUT2D eigenvalue weighted by Gasteiger charge is 2.44. The maximum atomic E-state index is 2.52. The number of hydrogen-bond donors (Lipinski definition) is 0. The Kier molecular flexibility index (Phi) is 11.2. The second kappa shape index (κ2) is 18.9. The third-order valence-electron chi connectivity index (χ3n) is 16.0. The van der Waals surface area contributed by atoms with E-state index in [0.717, 1.165) is 11.4 Å². The molecule has 14 aromatic rings. The summed E-state index contributed by atoms with van der Waals surface area (Å²) < 4.78 is 5.00. The van der Waals surface area contributed by atoms with Gasteiger partial charge >= 0.3 is 0 Å². The lowest BCUT2D eigenvalue weighted by Gasteiger charge is -2.35. The second-order valence-electron chi connectivity index (χ2n) is 19.9. The van der Waals surface area contributed by atoms with Gasteiger partial charge in [0.25, 0.3) is 0 Å². The summed E-state index contributed by atoms with van der Waals surface area (Å²) in [6.07, 6.45) is 0. The van der Waals surface area contributed by atoms with Crippen LogP contribution in [0.5, 0.6) is 0 Å². The van der Waals surface area contributed by atoms with Crippen LogP contribution >= 0.6 is 0 Å². The lowest BCUT2D eigenvalue weighted by molar-refractivity contribution is 1.16. The molecular weight excluding hydrogens is 949 g/mol. The summed E-state index contributed by atoms with van der Waals surface area (Å²) in [5.41, 5.74) is 9.42. The van der Waals surface area contributed by atoms with Crippen LogP contribution in [-0.2, 0) is 0 Å². The zero-order valence-electron chi connectivity index (χ0n) is 41.9. The van der Waals surface area contributed by atoms with Gasteiger partial charge in [0.05, 0.1) is 22.1 Å². The molecule has 358 valence electrons. The molecule has 0 bridgehead atoms. The van der Waals surface area contributed by atoms with Crippen molar-refractivity contribution in [2.75, 3.05) is 0 Å². The topological polar surface area (TPSA) is 9.86 Å². The number of benzene rings is 12. The maximum absolute atomic E-state index is 3.01.